The van der Waals surface area contributed by atoms with Crippen LogP contribution in [0.3, 0.4) is 0 Å². The van der Waals surface area contributed by atoms with Crippen LogP contribution in [0.15, 0.2) is 18.2 Å². The summed E-state index contributed by atoms with van der Waals surface area (Å²) in [6, 6.07) is 5.90. The first-order chi connectivity index (χ1) is 6.30. The first kappa shape index (κ1) is 10.0. The number of benzene rings is 1. The first-order valence-corrected chi connectivity index (χ1v) is 4.16. The number of rotatable bonds is 4. The Labute approximate surface area is 78.5 Å². The van der Waals surface area contributed by atoms with Crippen molar-refractivity contribution in [3.63, 3.8) is 0 Å². The summed E-state index contributed by atoms with van der Waals surface area (Å²) in [5.41, 5.74) is 7.69. The van der Waals surface area contributed by atoms with E-state index in [1.165, 1.54) is 0 Å². The molecule has 0 bridgehead atoms. The van der Waals surface area contributed by atoms with Crippen LogP contribution in [-0.4, -0.2) is 14.2 Å². The molecule has 13 heavy (non-hydrogen) atoms. The summed E-state index contributed by atoms with van der Waals surface area (Å²) < 4.78 is 10.2. The molecule has 0 saturated carbocycles. The Kier molecular flexibility index (Phi) is 3.73. The van der Waals surface area contributed by atoms with E-state index in [1.54, 1.807) is 14.2 Å². The number of nitrogens with two attached hydrogens (primary N) is 1. The second-order valence-electron chi connectivity index (χ2n) is 2.83. The average Bonchev–Trinajstić information content (AvgIpc) is 2.17. The van der Waals surface area contributed by atoms with Gasteiger partial charge in [-0.3, -0.25) is 0 Å². The van der Waals surface area contributed by atoms with Crippen LogP contribution in [0.4, 0.5) is 0 Å². The van der Waals surface area contributed by atoms with Crippen LogP contribution in [0.2, 0.25) is 0 Å². The van der Waals surface area contributed by atoms with Gasteiger partial charge in [0.15, 0.2) is 0 Å². The van der Waals surface area contributed by atoms with Gasteiger partial charge in [-0.1, -0.05) is 6.07 Å². The van der Waals surface area contributed by atoms with Crippen molar-refractivity contribution in [1.29, 1.82) is 0 Å². The van der Waals surface area contributed by atoms with Gasteiger partial charge in [0.1, 0.15) is 5.75 Å². The predicted octanol–water partition coefficient (Wildman–Crippen LogP) is 1.30. The molecule has 0 aliphatic rings. The van der Waals surface area contributed by atoms with Crippen molar-refractivity contribution >= 4 is 0 Å². The number of hydrogen-bond donors (Lipinski definition) is 1. The Morgan fingerprint density at radius 2 is 1.85 bits per heavy atom. The van der Waals surface area contributed by atoms with Gasteiger partial charge in [-0.2, -0.15) is 0 Å². The molecule has 0 radical (unpaired) electrons. The Balaban J connectivity index is 2.93. The van der Waals surface area contributed by atoms with E-state index in [0.717, 1.165) is 16.9 Å². The number of methoxy groups -OCH3 is 2. The molecule has 0 fully saturated rings. The molecule has 0 spiro atoms. The molecule has 0 unspecified atom stereocenters. The highest BCUT2D eigenvalue weighted by molar-refractivity contribution is 5.34. The van der Waals surface area contributed by atoms with Crippen molar-refractivity contribution in [2.75, 3.05) is 14.2 Å². The van der Waals surface area contributed by atoms with Crippen molar-refractivity contribution in [3.8, 4) is 5.75 Å². The molecule has 1 aromatic rings. The third kappa shape index (κ3) is 2.72. The summed E-state index contributed by atoms with van der Waals surface area (Å²) >= 11 is 0. The molecule has 0 aliphatic heterocycles. The van der Waals surface area contributed by atoms with Crippen LogP contribution in [0.25, 0.3) is 0 Å². The fourth-order valence-electron chi connectivity index (χ4n) is 1.21. The minimum absolute atomic E-state index is 0.522. The zero-order valence-electron chi connectivity index (χ0n) is 8.04. The molecule has 1 rings (SSSR count). The smallest absolute Gasteiger partial charge is 0.119 e. The summed E-state index contributed by atoms with van der Waals surface area (Å²) in [5.74, 6) is 0.829. The molecule has 0 atom stereocenters. The molecular weight excluding hydrogens is 166 g/mol. The Bertz CT molecular complexity index is 251. The zero-order chi connectivity index (χ0) is 9.68. The third-order valence-electron chi connectivity index (χ3n) is 1.81. The summed E-state index contributed by atoms with van der Waals surface area (Å²) in [4.78, 5) is 0. The van der Waals surface area contributed by atoms with Gasteiger partial charge in [-0.25, -0.2) is 0 Å². The highest BCUT2D eigenvalue weighted by Crippen LogP contribution is 2.17. The summed E-state index contributed by atoms with van der Waals surface area (Å²) in [5, 5.41) is 0. The Morgan fingerprint density at radius 3 is 2.38 bits per heavy atom. The van der Waals surface area contributed by atoms with E-state index in [4.69, 9.17) is 15.2 Å². The van der Waals surface area contributed by atoms with E-state index in [2.05, 4.69) is 0 Å². The molecule has 0 saturated heterocycles. The molecule has 0 aromatic heterocycles. The lowest BCUT2D eigenvalue weighted by atomic mass is 10.1. The molecule has 2 N–H and O–H groups in total. The topological polar surface area (TPSA) is 44.5 Å². The van der Waals surface area contributed by atoms with E-state index < -0.39 is 0 Å². The third-order valence-corrected chi connectivity index (χ3v) is 1.81. The lowest BCUT2D eigenvalue weighted by Crippen LogP contribution is -1.99. The van der Waals surface area contributed by atoms with E-state index in [1.807, 2.05) is 18.2 Å². The second-order valence-corrected chi connectivity index (χ2v) is 2.83. The Morgan fingerprint density at radius 1 is 1.15 bits per heavy atom. The highest BCUT2D eigenvalue weighted by Gasteiger charge is 1.99. The van der Waals surface area contributed by atoms with Gasteiger partial charge in [0.05, 0.1) is 13.7 Å². The molecule has 3 heteroatoms. The molecule has 0 aliphatic carbocycles. The second kappa shape index (κ2) is 4.84. The molecule has 1 aromatic carbocycles. The van der Waals surface area contributed by atoms with Crippen molar-refractivity contribution in [3.05, 3.63) is 29.3 Å². The van der Waals surface area contributed by atoms with E-state index in [9.17, 15) is 0 Å². The highest BCUT2D eigenvalue weighted by atomic mass is 16.5. The maximum atomic E-state index is 5.54. The predicted molar refractivity (Wildman–Crippen MR) is 51.6 cm³/mol. The summed E-state index contributed by atoms with van der Waals surface area (Å²) in [6.07, 6.45) is 0. The van der Waals surface area contributed by atoms with Crippen molar-refractivity contribution < 1.29 is 9.47 Å². The normalized spacial score (nSPS) is 10.1. The minimum Gasteiger partial charge on any atom is -0.497 e. The van der Waals surface area contributed by atoms with Crippen molar-refractivity contribution in [1.82, 2.24) is 0 Å². The largest absolute Gasteiger partial charge is 0.497 e. The lowest BCUT2D eigenvalue weighted by molar-refractivity contribution is 0.184. The first-order valence-electron chi connectivity index (χ1n) is 4.16. The maximum Gasteiger partial charge on any atom is 0.119 e. The quantitative estimate of drug-likeness (QED) is 0.761. The maximum absolute atomic E-state index is 5.54. The standard InChI is InChI=1S/C10H15NO2/c1-12-7-9-3-8(6-11)4-10(5-9)13-2/h3-5H,6-7,11H2,1-2H3. The molecule has 0 amide bonds. The van der Waals surface area contributed by atoms with Crippen LogP contribution in [0.1, 0.15) is 11.1 Å². The van der Waals surface area contributed by atoms with Crippen molar-refractivity contribution in [2.45, 2.75) is 13.2 Å². The number of ether oxygens (including phenoxy) is 2. The number of hydrogen-bond acceptors (Lipinski definition) is 3. The van der Waals surface area contributed by atoms with E-state index in [-0.39, 0.29) is 0 Å². The van der Waals surface area contributed by atoms with E-state index >= 15 is 0 Å². The van der Waals surface area contributed by atoms with Gasteiger partial charge in [0, 0.05) is 13.7 Å². The van der Waals surface area contributed by atoms with Gasteiger partial charge in [0.2, 0.25) is 0 Å². The zero-order valence-corrected chi connectivity index (χ0v) is 8.04. The van der Waals surface area contributed by atoms with Crippen LogP contribution in [0, 0.1) is 0 Å². The summed E-state index contributed by atoms with van der Waals surface area (Å²) in [7, 11) is 3.31. The van der Waals surface area contributed by atoms with Crippen LogP contribution < -0.4 is 10.5 Å². The van der Waals surface area contributed by atoms with Gasteiger partial charge in [-0.15, -0.1) is 0 Å². The van der Waals surface area contributed by atoms with Gasteiger partial charge >= 0.3 is 0 Å². The molecule has 0 heterocycles. The van der Waals surface area contributed by atoms with Crippen LogP contribution >= 0.6 is 0 Å². The van der Waals surface area contributed by atoms with E-state index in [0.29, 0.717) is 13.2 Å². The minimum atomic E-state index is 0.522. The van der Waals surface area contributed by atoms with Crippen molar-refractivity contribution in [2.24, 2.45) is 5.73 Å². The average molecular weight is 181 g/mol. The SMILES string of the molecule is COCc1cc(CN)cc(OC)c1. The van der Waals surface area contributed by atoms with Gasteiger partial charge < -0.3 is 15.2 Å². The molecule has 72 valence electrons. The fourth-order valence-corrected chi connectivity index (χ4v) is 1.21. The van der Waals surface area contributed by atoms with Gasteiger partial charge in [0.25, 0.3) is 0 Å². The van der Waals surface area contributed by atoms with Crippen LogP contribution in [-0.2, 0) is 17.9 Å². The van der Waals surface area contributed by atoms with Gasteiger partial charge in [-0.05, 0) is 23.3 Å². The lowest BCUT2D eigenvalue weighted by Gasteiger charge is -2.06. The molecule has 3 nitrogen and oxygen atoms in total. The summed E-state index contributed by atoms with van der Waals surface area (Å²) in [6.45, 7) is 1.11. The molecular formula is C10H15NO2. The van der Waals surface area contributed by atoms with Crippen LogP contribution in [0.5, 0.6) is 5.75 Å². The monoisotopic (exact) mass is 181 g/mol. The fraction of sp³-hybridized carbons (Fsp3) is 0.400. The Hall–Kier alpha value is -1.06.